The smallest absolute Gasteiger partial charge is 0.236 e. The van der Waals surface area contributed by atoms with Crippen LogP contribution in [-0.4, -0.2) is 47.7 Å². The lowest BCUT2D eigenvalue weighted by Gasteiger charge is -2.28. The van der Waals surface area contributed by atoms with E-state index in [0.29, 0.717) is 35.7 Å². The first-order valence-electron chi connectivity index (χ1n) is 9.48. The number of methoxy groups -OCH3 is 2. The summed E-state index contributed by atoms with van der Waals surface area (Å²) >= 11 is 0. The van der Waals surface area contributed by atoms with E-state index < -0.39 is 20.0 Å². The third-order valence-corrected chi connectivity index (χ3v) is 8.11. The highest BCUT2D eigenvalue weighted by Gasteiger charge is 2.25. The summed E-state index contributed by atoms with van der Waals surface area (Å²) in [4.78, 5) is 0. The Labute approximate surface area is 177 Å². The molecule has 0 spiro atoms. The molecule has 0 saturated heterocycles. The Morgan fingerprint density at radius 1 is 0.967 bits per heavy atom. The predicted octanol–water partition coefficient (Wildman–Crippen LogP) is 2.35. The second-order valence-electron chi connectivity index (χ2n) is 7.02. The average Bonchev–Trinajstić information content (AvgIpc) is 2.72. The molecule has 0 fully saturated rings. The second-order valence-corrected chi connectivity index (χ2v) is 11.0. The van der Waals surface area contributed by atoms with E-state index in [0.717, 1.165) is 11.1 Å². The Hall–Kier alpha value is -2.30. The molecular weight excluding hydrogens is 428 g/mol. The molecule has 0 amide bonds. The number of fused-ring (bicyclic) bond motifs is 1. The fraction of sp³-hybridized carbons (Fsp3) is 0.400. The zero-order chi connectivity index (χ0) is 21.9. The van der Waals surface area contributed by atoms with Gasteiger partial charge in [0.05, 0.1) is 25.7 Å². The first-order chi connectivity index (χ1) is 14.2. The van der Waals surface area contributed by atoms with Crippen molar-refractivity contribution in [3.05, 3.63) is 53.1 Å². The van der Waals surface area contributed by atoms with Gasteiger partial charge in [0.15, 0.2) is 11.5 Å². The lowest BCUT2D eigenvalue weighted by atomic mass is 10.0. The fourth-order valence-corrected chi connectivity index (χ4v) is 5.67. The molecule has 8 nitrogen and oxygen atoms in total. The summed E-state index contributed by atoms with van der Waals surface area (Å²) in [5.41, 5.74) is 2.80. The number of nitrogens with one attached hydrogen (secondary N) is 1. The van der Waals surface area contributed by atoms with Crippen molar-refractivity contribution < 1.29 is 26.3 Å². The molecule has 1 aliphatic rings. The zero-order valence-electron chi connectivity index (χ0n) is 17.2. The van der Waals surface area contributed by atoms with Gasteiger partial charge in [-0.1, -0.05) is 12.1 Å². The number of anilines is 1. The summed E-state index contributed by atoms with van der Waals surface area (Å²) in [7, 11) is -3.97. The fourth-order valence-electron chi connectivity index (χ4n) is 3.42. The monoisotopic (exact) mass is 454 g/mol. The van der Waals surface area contributed by atoms with E-state index in [1.165, 1.54) is 18.5 Å². The van der Waals surface area contributed by atoms with Crippen LogP contribution in [0.2, 0.25) is 0 Å². The van der Waals surface area contributed by atoms with Crippen LogP contribution in [0.15, 0.2) is 36.4 Å². The van der Waals surface area contributed by atoms with E-state index in [1.807, 2.05) is 6.07 Å². The maximum Gasteiger partial charge on any atom is 0.236 e. The van der Waals surface area contributed by atoms with Crippen molar-refractivity contribution in [2.75, 3.05) is 31.2 Å². The largest absolute Gasteiger partial charge is 0.493 e. The highest BCUT2D eigenvalue weighted by atomic mass is 32.2. The molecule has 10 heteroatoms. The van der Waals surface area contributed by atoms with Crippen molar-refractivity contribution in [2.45, 2.75) is 25.6 Å². The molecule has 1 aliphatic heterocycles. The number of hydrogen-bond acceptors (Lipinski definition) is 6. The summed E-state index contributed by atoms with van der Waals surface area (Å²) in [6.45, 7) is 2.30. The van der Waals surface area contributed by atoms with E-state index in [9.17, 15) is 16.8 Å². The molecule has 2 aromatic rings. The molecule has 0 radical (unpaired) electrons. The van der Waals surface area contributed by atoms with E-state index in [1.54, 1.807) is 37.3 Å². The van der Waals surface area contributed by atoms with Gasteiger partial charge >= 0.3 is 0 Å². The van der Waals surface area contributed by atoms with Crippen molar-refractivity contribution >= 4 is 25.7 Å². The van der Waals surface area contributed by atoms with Gasteiger partial charge in [-0.15, -0.1) is 0 Å². The molecule has 0 bridgehead atoms. The van der Waals surface area contributed by atoms with Crippen LogP contribution in [-0.2, 0) is 38.8 Å². The molecule has 0 atom stereocenters. The van der Waals surface area contributed by atoms with Crippen LogP contribution in [0, 0.1) is 0 Å². The Morgan fingerprint density at radius 3 is 2.37 bits per heavy atom. The average molecular weight is 455 g/mol. The van der Waals surface area contributed by atoms with Gasteiger partial charge in [0.1, 0.15) is 0 Å². The Bertz CT molecular complexity index is 1130. The molecular formula is C20H26N2O6S2. The van der Waals surface area contributed by atoms with Crippen molar-refractivity contribution in [3.63, 3.8) is 0 Å². The minimum atomic E-state index is -3.68. The minimum absolute atomic E-state index is 0.0416. The topological polar surface area (TPSA) is 102 Å². The highest BCUT2D eigenvalue weighted by Crippen LogP contribution is 2.29. The molecule has 3 rings (SSSR count). The maximum absolute atomic E-state index is 12.7. The maximum atomic E-state index is 12.7. The number of hydrogen-bond donors (Lipinski definition) is 1. The van der Waals surface area contributed by atoms with Gasteiger partial charge in [-0.05, 0) is 54.3 Å². The van der Waals surface area contributed by atoms with Crippen LogP contribution in [0.5, 0.6) is 11.5 Å². The van der Waals surface area contributed by atoms with Crippen molar-refractivity contribution in [1.29, 1.82) is 0 Å². The summed E-state index contributed by atoms with van der Waals surface area (Å²) in [5, 5.41) is 0. The first kappa shape index (κ1) is 22.4. The highest BCUT2D eigenvalue weighted by molar-refractivity contribution is 7.91. The molecule has 1 N–H and O–H groups in total. The van der Waals surface area contributed by atoms with Crippen LogP contribution < -0.4 is 14.2 Å². The Balaban J connectivity index is 1.77. The standard InChI is InChI=1S/C20H26N2O6S2/c1-4-30(25,26)22-10-9-16-6-7-18(12-17(16)13-22)21-29(23,24)14-15-5-8-19(27-2)20(11-15)28-3/h5-8,11-12,21H,4,9-10,13-14H2,1-3H3. The molecule has 2 aromatic carbocycles. The van der Waals surface area contributed by atoms with Gasteiger partial charge in [-0.3, -0.25) is 4.72 Å². The Morgan fingerprint density at radius 2 is 1.70 bits per heavy atom. The van der Waals surface area contributed by atoms with Crippen molar-refractivity contribution in [1.82, 2.24) is 4.31 Å². The zero-order valence-corrected chi connectivity index (χ0v) is 18.8. The van der Waals surface area contributed by atoms with Crippen LogP contribution in [0.25, 0.3) is 0 Å². The number of ether oxygens (including phenoxy) is 2. The van der Waals surface area contributed by atoms with E-state index in [2.05, 4.69) is 4.72 Å². The SMILES string of the molecule is CCS(=O)(=O)N1CCc2ccc(NS(=O)(=O)Cc3ccc(OC)c(OC)c3)cc2C1. The van der Waals surface area contributed by atoms with Crippen molar-refractivity contribution in [2.24, 2.45) is 0 Å². The molecule has 164 valence electrons. The Kier molecular flexibility index (Phi) is 6.59. The van der Waals surface area contributed by atoms with Crippen LogP contribution >= 0.6 is 0 Å². The quantitative estimate of drug-likeness (QED) is 0.657. The van der Waals surface area contributed by atoms with Gasteiger partial charge in [-0.25, -0.2) is 16.8 Å². The third kappa shape index (κ3) is 5.05. The molecule has 0 aromatic heterocycles. The molecule has 0 unspecified atom stereocenters. The lowest BCUT2D eigenvalue weighted by molar-refractivity contribution is 0.354. The van der Waals surface area contributed by atoms with Crippen LogP contribution in [0.1, 0.15) is 23.6 Å². The van der Waals surface area contributed by atoms with E-state index >= 15 is 0 Å². The first-order valence-corrected chi connectivity index (χ1v) is 12.7. The summed E-state index contributed by atoms with van der Waals surface area (Å²) in [5.74, 6) is 0.782. The normalized spacial score (nSPS) is 14.8. The molecule has 0 aliphatic carbocycles. The summed E-state index contributed by atoms with van der Waals surface area (Å²) in [6.07, 6.45) is 0.604. The van der Waals surface area contributed by atoms with E-state index in [4.69, 9.17) is 9.47 Å². The minimum Gasteiger partial charge on any atom is -0.493 e. The van der Waals surface area contributed by atoms with Gasteiger partial charge in [-0.2, -0.15) is 4.31 Å². The number of benzene rings is 2. The molecule has 30 heavy (non-hydrogen) atoms. The predicted molar refractivity (Wildman–Crippen MR) is 116 cm³/mol. The lowest BCUT2D eigenvalue weighted by Crippen LogP contribution is -2.36. The second kappa shape index (κ2) is 8.83. The van der Waals surface area contributed by atoms with Crippen molar-refractivity contribution in [3.8, 4) is 11.5 Å². The summed E-state index contributed by atoms with van der Waals surface area (Å²) < 4.78 is 64.1. The van der Waals surface area contributed by atoms with Gasteiger partial charge in [0, 0.05) is 18.8 Å². The van der Waals surface area contributed by atoms with Gasteiger partial charge in [0.25, 0.3) is 0 Å². The van der Waals surface area contributed by atoms with E-state index in [-0.39, 0.29) is 18.1 Å². The number of rotatable bonds is 8. The third-order valence-electron chi connectivity index (χ3n) is 5.02. The number of sulfonamides is 2. The molecule has 0 saturated carbocycles. The van der Waals surface area contributed by atoms with Crippen LogP contribution in [0.3, 0.4) is 0 Å². The number of nitrogens with zero attached hydrogens (tertiary/aromatic N) is 1. The van der Waals surface area contributed by atoms with Gasteiger partial charge < -0.3 is 9.47 Å². The molecule has 1 heterocycles. The van der Waals surface area contributed by atoms with Crippen LogP contribution in [0.4, 0.5) is 5.69 Å². The van der Waals surface area contributed by atoms with Gasteiger partial charge in [0.2, 0.25) is 20.0 Å². The summed E-state index contributed by atoms with van der Waals surface area (Å²) in [6, 6.07) is 10.2.